The van der Waals surface area contributed by atoms with Crippen LogP contribution in [0, 0.1) is 24.7 Å². The molecule has 3 aromatic carbocycles. The number of anilines is 1. The van der Waals surface area contributed by atoms with Crippen molar-refractivity contribution < 1.29 is 23.9 Å². The van der Waals surface area contributed by atoms with E-state index in [1.54, 1.807) is 31.4 Å². The molecule has 1 saturated heterocycles. The number of rotatable bonds is 3. The van der Waals surface area contributed by atoms with E-state index >= 15 is 0 Å². The maximum atomic E-state index is 13.9. The van der Waals surface area contributed by atoms with Crippen molar-refractivity contribution in [2.45, 2.75) is 12.8 Å². The second-order valence-electron chi connectivity index (χ2n) is 9.36. The van der Waals surface area contributed by atoms with E-state index in [0.717, 1.165) is 26.7 Å². The normalized spacial score (nSPS) is 24.5. The van der Waals surface area contributed by atoms with Crippen LogP contribution in [-0.2, 0) is 14.4 Å². The second-order valence-corrected chi connectivity index (χ2v) is 10.3. The molecular weight excluding hydrogens is 522 g/mol. The minimum Gasteiger partial charge on any atom is -0.497 e. The van der Waals surface area contributed by atoms with E-state index in [4.69, 9.17) is 9.47 Å². The first-order chi connectivity index (χ1) is 17.4. The smallest absolute Gasteiger partial charge is 0.319 e. The van der Waals surface area contributed by atoms with Crippen molar-refractivity contribution in [3.8, 4) is 11.5 Å². The minimum atomic E-state index is -0.866. The average Bonchev–Trinajstić information content (AvgIpc) is 3.14. The molecular formula is C29H22BrNO5. The molecule has 0 saturated carbocycles. The molecule has 2 aliphatic heterocycles. The molecule has 3 aliphatic rings. The minimum absolute atomic E-state index is 0.314. The third kappa shape index (κ3) is 3.41. The largest absolute Gasteiger partial charge is 0.497 e. The number of hydrogen-bond acceptors (Lipinski definition) is 5. The first-order valence-electron chi connectivity index (χ1n) is 11.7. The summed E-state index contributed by atoms with van der Waals surface area (Å²) in [7, 11) is 1.60. The van der Waals surface area contributed by atoms with Crippen molar-refractivity contribution in [2.75, 3.05) is 12.0 Å². The fourth-order valence-electron chi connectivity index (χ4n) is 5.66. The lowest BCUT2D eigenvalue weighted by atomic mass is 9.64. The van der Waals surface area contributed by atoms with Crippen molar-refractivity contribution in [2.24, 2.45) is 17.8 Å². The number of amides is 2. The zero-order chi connectivity index (χ0) is 25.1. The molecule has 36 heavy (non-hydrogen) atoms. The van der Waals surface area contributed by atoms with Gasteiger partial charge in [0.1, 0.15) is 11.5 Å². The van der Waals surface area contributed by atoms with Gasteiger partial charge in [-0.05, 0) is 66.1 Å². The number of benzene rings is 3. The van der Waals surface area contributed by atoms with Gasteiger partial charge in [0.05, 0.1) is 30.6 Å². The molecule has 1 fully saturated rings. The maximum Gasteiger partial charge on any atom is 0.319 e. The van der Waals surface area contributed by atoms with Gasteiger partial charge in [-0.15, -0.1) is 0 Å². The lowest BCUT2D eigenvalue weighted by Gasteiger charge is -2.38. The Kier molecular flexibility index (Phi) is 5.34. The molecule has 0 bridgehead atoms. The van der Waals surface area contributed by atoms with Gasteiger partial charge in [-0.3, -0.25) is 14.4 Å². The van der Waals surface area contributed by atoms with E-state index in [9.17, 15) is 14.4 Å². The van der Waals surface area contributed by atoms with Crippen molar-refractivity contribution >= 4 is 45.0 Å². The summed E-state index contributed by atoms with van der Waals surface area (Å²) in [6.45, 7) is 1.93. The lowest BCUT2D eigenvalue weighted by molar-refractivity contribution is -0.142. The molecule has 0 aromatic heterocycles. The van der Waals surface area contributed by atoms with E-state index in [0.29, 0.717) is 17.2 Å². The number of methoxy groups -OCH3 is 1. The number of carbonyl (C=O) groups is 3. The number of nitrogens with zero attached hydrogens (tertiary/aromatic N) is 1. The Hall–Kier alpha value is -3.71. The Morgan fingerprint density at radius 3 is 2.28 bits per heavy atom. The van der Waals surface area contributed by atoms with Crippen LogP contribution >= 0.6 is 15.9 Å². The SMILES string of the molecule is COc1ccc([C@@H]2C=C3c4ccc(C)cc4OC(=O)[C@@H]3[C@@H]3C(=O)N(c4ccc(Br)cc4)C(=O)[C@@H]32)cc1. The molecule has 0 spiro atoms. The average molecular weight is 544 g/mol. The Balaban J connectivity index is 1.54. The van der Waals surface area contributed by atoms with Gasteiger partial charge in [0.15, 0.2) is 0 Å². The predicted octanol–water partition coefficient (Wildman–Crippen LogP) is 5.29. The van der Waals surface area contributed by atoms with Crippen LogP contribution in [0.25, 0.3) is 5.57 Å². The van der Waals surface area contributed by atoms with Crippen molar-refractivity contribution in [1.29, 1.82) is 0 Å². The molecule has 6 nitrogen and oxygen atoms in total. The highest BCUT2D eigenvalue weighted by atomic mass is 79.9. The zero-order valence-corrected chi connectivity index (χ0v) is 21.2. The molecule has 0 unspecified atom stereocenters. The zero-order valence-electron chi connectivity index (χ0n) is 19.6. The van der Waals surface area contributed by atoms with Gasteiger partial charge in [-0.2, -0.15) is 0 Å². The van der Waals surface area contributed by atoms with Gasteiger partial charge in [0.25, 0.3) is 0 Å². The van der Waals surface area contributed by atoms with E-state index in [-0.39, 0.29) is 11.8 Å². The van der Waals surface area contributed by atoms with Crippen molar-refractivity contribution in [1.82, 2.24) is 0 Å². The standard InChI is InChI=1S/C29H22BrNO5/c1-15-3-12-20-22-14-21(16-4-10-19(35-2)11-5-16)24-26(25(22)29(34)36-23(20)13-15)28(33)31(27(24)32)18-8-6-17(30)7-9-18/h3-14,21,24-26H,1-2H3/t21-,24+,25-,26+/m0/s1. The molecule has 0 radical (unpaired) electrons. The number of hydrogen-bond donors (Lipinski definition) is 0. The first kappa shape index (κ1) is 22.7. The second kappa shape index (κ2) is 8.45. The Morgan fingerprint density at radius 2 is 1.58 bits per heavy atom. The van der Waals surface area contributed by atoms with Gasteiger partial charge in [-0.25, -0.2) is 4.90 Å². The number of halogens is 1. The van der Waals surface area contributed by atoms with Gasteiger partial charge in [0, 0.05) is 16.0 Å². The summed E-state index contributed by atoms with van der Waals surface area (Å²) in [5.41, 5.74) is 3.85. The molecule has 2 heterocycles. The fourth-order valence-corrected chi connectivity index (χ4v) is 5.93. The molecule has 3 aromatic rings. The van der Waals surface area contributed by atoms with Gasteiger partial charge >= 0.3 is 5.97 Å². The summed E-state index contributed by atoms with van der Waals surface area (Å²) in [5, 5.41) is 0. The third-order valence-electron chi connectivity index (χ3n) is 7.34. The van der Waals surface area contributed by atoms with Crippen LogP contribution in [0.2, 0.25) is 0 Å². The third-order valence-corrected chi connectivity index (χ3v) is 7.86. The van der Waals surface area contributed by atoms with Crippen LogP contribution in [0.15, 0.2) is 77.3 Å². The van der Waals surface area contributed by atoms with E-state index < -0.39 is 29.6 Å². The summed E-state index contributed by atoms with van der Waals surface area (Å²) in [6, 6.07) is 20.3. The van der Waals surface area contributed by atoms with Gasteiger partial charge < -0.3 is 9.47 Å². The van der Waals surface area contributed by atoms with E-state index in [1.165, 1.54) is 4.90 Å². The molecule has 2 amide bonds. The number of carbonyl (C=O) groups excluding carboxylic acids is 3. The lowest BCUT2D eigenvalue weighted by Crippen LogP contribution is -2.42. The summed E-state index contributed by atoms with van der Waals surface area (Å²) >= 11 is 3.40. The fraction of sp³-hybridized carbons (Fsp3) is 0.207. The number of fused-ring (bicyclic) bond motifs is 5. The Labute approximate surface area is 216 Å². The van der Waals surface area contributed by atoms with Gasteiger partial charge in [-0.1, -0.05) is 46.3 Å². The topological polar surface area (TPSA) is 72.9 Å². The number of imide groups is 1. The quantitative estimate of drug-likeness (QED) is 0.255. The molecule has 6 rings (SSSR count). The van der Waals surface area contributed by atoms with Crippen molar-refractivity contribution in [3.05, 3.63) is 94.0 Å². The van der Waals surface area contributed by atoms with Crippen LogP contribution in [0.5, 0.6) is 11.5 Å². The monoisotopic (exact) mass is 543 g/mol. The van der Waals surface area contributed by atoms with E-state index in [1.807, 2.05) is 55.5 Å². The molecule has 7 heteroatoms. The molecule has 180 valence electrons. The molecule has 4 atom stereocenters. The summed E-state index contributed by atoms with van der Waals surface area (Å²) < 4.78 is 11.9. The molecule has 0 N–H and O–H groups in total. The van der Waals surface area contributed by atoms with E-state index in [2.05, 4.69) is 15.9 Å². The summed E-state index contributed by atoms with van der Waals surface area (Å²) in [5.74, 6) is -2.86. The highest BCUT2D eigenvalue weighted by molar-refractivity contribution is 9.10. The highest BCUT2D eigenvalue weighted by Gasteiger charge is 2.60. The number of allylic oxidation sites excluding steroid dienone is 1. The van der Waals surface area contributed by atoms with Gasteiger partial charge in [0.2, 0.25) is 11.8 Å². The van der Waals surface area contributed by atoms with Crippen LogP contribution in [0.4, 0.5) is 5.69 Å². The number of ether oxygens (including phenoxy) is 2. The first-order valence-corrected chi connectivity index (χ1v) is 12.5. The highest BCUT2D eigenvalue weighted by Crippen LogP contribution is 2.54. The molecule has 1 aliphatic carbocycles. The Bertz CT molecular complexity index is 1440. The van der Waals surface area contributed by atoms with Crippen LogP contribution in [0.3, 0.4) is 0 Å². The van der Waals surface area contributed by atoms with Crippen LogP contribution < -0.4 is 14.4 Å². The summed E-state index contributed by atoms with van der Waals surface area (Å²) in [6.07, 6.45) is 1.98. The summed E-state index contributed by atoms with van der Waals surface area (Å²) in [4.78, 5) is 42.4. The number of esters is 1. The van der Waals surface area contributed by atoms with Crippen molar-refractivity contribution in [3.63, 3.8) is 0 Å². The Morgan fingerprint density at radius 1 is 0.889 bits per heavy atom. The predicted molar refractivity (Wildman–Crippen MR) is 138 cm³/mol. The number of aryl methyl sites for hydroxylation is 1. The van der Waals surface area contributed by atoms with Crippen LogP contribution in [0.1, 0.15) is 22.6 Å². The van der Waals surface area contributed by atoms with Crippen LogP contribution in [-0.4, -0.2) is 24.9 Å². The maximum absolute atomic E-state index is 13.9.